The molecule has 92 valence electrons. The van der Waals surface area contributed by atoms with Crippen LogP contribution in [0, 0.1) is 0 Å². The molecular formula is C8H10F3NO4. The molecule has 5 nitrogen and oxygen atoms in total. The van der Waals surface area contributed by atoms with E-state index in [2.05, 4.69) is 4.74 Å². The molecule has 0 N–H and O–H groups in total. The van der Waals surface area contributed by atoms with Crippen molar-refractivity contribution in [1.29, 1.82) is 0 Å². The van der Waals surface area contributed by atoms with E-state index in [4.69, 9.17) is 4.74 Å². The predicted molar refractivity (Wildman–Crippen MR) is 44.4 cm³/mol. The van der Waals surface area contributed by atoms with Crippen molar-refractivity contribution in [1.82, 2.24) is 4.90 Å². The number of morpholine rings is 1. The number of halogens is 3. The number of carbonyl (C=O) groups is 2. The third kappa shape index (κ3) is 3.69. The minimum atomic E-state index is -4.99. The molecule has 0 spiro atoms. The first-order valence-electron chi connectivity index (χ1n) is 4.50. The van der Waals surface area contributed by atoms with Crippen LogP contribution < -0.4 is 0 Å². The number of carbonyl (C=O) groups excluding carboxylic acids is 2. The van der Waals surface area contributed by atoms with Crippen LogP contribution in [0.5, 0.6) is 0 Å². The lowest BCUT2D eigenvalue weighted by atomic mass is 10.4. The van der Waals surface area contributed by atoms with E-state index in [0.29, 0.717) is 13.2 Å². The minimum Gasteiger partial charge on any atom is -0.457 e. The fraction of sp³-hybridized carbons (Fsp3) is 0.750. The first kappa shape index (κ1) is 12.8. The number of hydrogen-bond donors (Lipinski definition) is 0. The molecule has 0 atom stereocenters. The van der Waals surface area contributed by atoms with E-state index in [1.807, 2.05) is 0 Å². The minimum absolute atomic E-state index is 0.0516. The van der Waals surface area contributed by atoms with Crippen LogP contribution in [0.4, 0.5) is 13.2 Å². The van der Waals surface area contributed by atoms with Crippen LogP contribution in [0.1, 0.15) is 0 Å². The average molecular weight is 241 g/mol. The van der Waals surface area contributed by atoms with Crippen LogP contribution >= 0.6 is 0 Å². The molecule has 0 bridgehead atoms. The highest BCUT2D eigenvalue weighted by molar-refractivity contribution is 5.78. The molecule has 0 aromatic carbocycles. The monoisotopic (exact) mass is 241 g/mol. The highest BCUT2D eigenvalue weighted by Gasteiger charge is 2.40. The van der Waals surface area contributed by atoms with Crippen molar-refractivity contribution >= 4 is 11.9 Å². The average Bonchev–Trinajstić information content (AvgIpc) is 2.19. The van der Waals surface area contributed by atoms with E-state index < -0.39 is 18.8 Å². The zero-order valence-electron chi connectivity index (χ0n) is 8.25. The van der Waals surface area contributed by atoms with Crippen molar-refractivity contribution < 1.29 is 32.2 Å². The standard InChI is InChI=1S/C8H10F3NO4/c9-8(10,11)7(14)16-4-2-12-1-3-15-5-6(12)13/h1-5H2. The summed E-state index contributed by atoms with van der Waals surface area (Å²) < 4.78 is 43.9. The number of hydrogen-bond acceptors (Lipinski definition) is 4. The van der Waals surface area contributed by atoms with Crippen molar-refractivity contribution in [2.45, 2.75) is 6.18 Å². The Morgan fingerprint density at radius 2 is 2.19 bits per heavy atom. The Balaban J connectivity index is 2.25. The normalized spacial score (nSPS) is 17.4. The number of nitrogens with zero attached hydrogens (tertiary/aromatic N) is 1. The van der Waals surface area contributed by atoms with Gasteiger partial charge < -0.3 is 14.4 Å². The maximum absolute atomic E-state index is 11.7. The SMILES string of the molecule is O=C1COCCN1CCOC(=O)C(F)(F)F. The molecule has 1 aliphatic rings. The Bertz CT molecular complexity index is 279. The second-order valence-corrected chi connectivity index (χ2v) is 3.07. The van der Waals surface area contributed by atoms with Gasteiger partial charge in [0.15, 0.2) is 0 Å². The summed E-state index contributed by atoms with van der Waals surface area (Å²) in [5, 5.41) is 0. The molecule has 1 fully saturated rings. The molecule has 0 radical (unpaired) electrons. The van der Waals surface area contributed by atoms with Gasteiger partial charge in [-0.2, -0.15) is 13.2 Å². The molecular weight excluding hydrogens is 231 g/mol. The highest BCUT2D eigenvalue weighted by atomic mass is 19.4. The second kappa shape index (κ2) is 5.15. The van der Waals surface area contributed by atoms with Gasteiger partial charge in [0.1, 0.15) is 13.2 Å². The molecule has 0 unspecified atom stereocenters. The molecule has 8 heteroatoms. The van der Waals surface area contributed by atoms with Crippen molar-refractivity contribution in [3.63, 3.8) is 0 Å². The molecule has 0 aliphatic carbocycles. The topological polar surface area (TPSA) is 55.8 Å². The van der Waals surface area contributed by atoms with Crippen molar-refractivity contribution in [3.05, 3.63) is 0 Å². The zero-order valence-corrected chi connectivity index (χ0v) is 8.25. The third-order valence-electron chi connectivity index (χ3n) is 1.91. The molecule has 0 aromatic heterocycles. The van der Waals surface area contributed by atoms with Crippen molar-refractivity contribution in [2.24, 2.45) is 0 Å². The second-order valence-electron chi connectivity index (χ2n) is 3.07. The fourth-order valence-electron chi connectivity index (χ4n) is 1.12. The fourth-order valence-corrected chi connectivity index (χ4v) is 1.12. The van der Waals surface area contributed by atoms with Gasteiger partial charge in [0.2, 0.25) is 5.91 Å². The Kier molecular flexibility index (Phi) is 4.11. The quantitative estimate of drug-likeness (QED) is 0.650. The Morgan fingerprint density at radius 3 is 2.75 bits per heavy atom. The Labute approximate surface area is 89.1 Å². The summed E-state index contributed by atoms with van der Waals surface area (Å²) in [5.41, 5.74) is 0. The molecule has 1 heterocycles. The van der Waals surface area contributed by atoms with Gasteiger partial charge in [0.05, 0.1) is 13.2 Å². The summed E-state index contributed by atoms with van der Waals surface area (Å²) in [4.78, 5) is 22.7. The predicted octanol–water partition coefficient (Wildman–Crippen LogP) is -0.0493. The van der Waals surface area contributed by atoms with E-state index in [-0.39, 0.29) is 19.1 Å². The maximum atomic E-state index is 11.7. The van der Waals surface area contributed by atoms with E-state index in [1.165, 1.54) is 4.90 Å². The molecule has 1 saturated heterocycles. The van der Waals surface area contributed by atoms with Gasteiger partial charge in [-0.05, 0) is 0 Å². The summed E-state index contributed by atoms with van der Waals surface area (Å²) >= 11 is 0. The number of rotatable bonds is 3. The smallest absolute Gasteiger partial charge is 0.457 e. The Morgan fingerprint density at radius 1 is 1.50 bits per heavy atom. The summed E-state index contributed by atoms with van der Waals surface area (Å²) in [5.74, 6) is -2.57. The maximum Gasteiger partial charge on any atom is 0.490 e. The highest BCUT2D eigenvalue weighted by Crippen LogP contribution is 2.16. The number of esters is 1. The zero-order chi connectivity index (χ0) is 12.2. The van der Waals surface area contributed by atoms with E-state index in [1.54, 1.807) is 0 Å². The lowest BCUT2D eigenvalue weighted by molar-refractivity contribution is -0.200. The van der Waals surface area contributed by atoms with Gasteiger partial charge >= 0.3 is 12.1 Å². The van der Waals surface area contributed by atoms with Gasteiger partial charge in [-0.3, -0.25) is 4.79 Å². The van der Waals surface area contributed by atoms with Gasteiger partial charge in [0, 0.05) is 6.54 Å². The van der Waals surface area contributed by atoms with Gasteiger partial charge in [-0.1, -0.05) is 0 Å². The molecule has 1 amide bonds. The first-order chi connectivity index (χ1) is 7.41. The van der Waals surface area contributed by atoms with Crippen LogP contribution in [-0.4, -0.2) is 55.9 Å². The summed E-state index contributed by atoms with van der Waals surface area (Å²) in [6.45, 7) is 0.0165. The Hall–Kier alpha value is -1.31. The number of alkyl halides is 3. The van der Waals surface area contributed by atoms with E-state index >= 15 is 0 Å². The first-order valence-corrected chi connectivity index (χ1v) is 4.50. The molecule has 1 aliphatic heterocycles. The van der Waals surface area contributed by atoms with Gasteiger partial charge in [-0.15, -0.1) is 0 Å². The lowest BCUT2D eigenvalue weighted by Gasteiger charge is -2.26. The van der Waals surface area contributed by atoms with Crippen LogP contribution in [0.25, 0.3) is 0 Å². The van der Waals surface area contributed by atoms with Crippen molar-refractivity contribution in [3.8, 4) is 0 Å². The molecule has 0 saturated carbocycles. The molecule has 1 rings (SSSR count). The largest absolute Gasteiger partial charge is 0.490 e. The van der Waals surface area contributed by atoms with Crippen LogP contribution in [-0.2, 0) is 19.1 Å². The third-order valence-corrected chi connectivity index (χ3v) is 1.91. The van der Waals surface area contributed by atoms with Crippen molar-refractivity contribution in [2.75, 3.05) is 32.9 Å². The van der Waals surface area contributed by atoms with Crippen LogP contribution in [0.15, 0.2) is 0 Å². The molecule has 0 aromatic rings. The summed E-state index contributed by atoms with van der Waals surface area (Å²) in [6, 6.07) is 0. The summed E-state index contributed by atoms with van der Waals surface area (Å²) in [6.07, 6.45) is -4.99. The number of amides is 1. The van der Waals surface area contributed by atoms with Gasteiger partial charge in [-0.25, -0.2) is 4.79 Å². The van der Waals surface area contributed by atoms with Crippen LogP contribution in [0.3, 0.4) is 0 Å². The van der Waals surface area contributed by atoms with E-state index in [0.717, 1.165) is 0 Å². The van der Waals surface area contributed by atoms with E-state index in [9.17, 15) is 22.8 Å². The summed E-state index contributed by atoms with van der Waals surface area (Å²) in [7, 11) is 0. The lowest BCUT2D eigenvalue weighted by Crippen LogP contribution is -2.43. The molecule has 16 heavy (non-hydrogen) atoms. The number of ether oxygens (including phenoxy) is 2. The van der Waals surface area contributed by atoms with Crippen LogP contribution in [0.2, 0.25) is 0 Å². The van der Waals surface area contributed by atoms with Gasteiger partial charge in [0.25, 0.3) is 0 Å².